The lowest BCUT2D eigenvalue weighted by Gasteiger charge is -2.42. The number of aryl methyl sites for hydroxylation is 1. The zero-order valence-corrected chi connectivity index (χ0v) is 19.2. The van der Waals surface area contributed by atoms with Crippen molar-refractivity contribution >= 4 is 5.91 Å². The Morgan fingerprint density at radius 1 is 1.44 bits per heavy atom. The molecule has 0 radical (unpaired) electrons. The first-order valence-electron chi connectivity index (χ1n) is 10.8. The molecule has 2 aliphatic heterocycles. The summed E-state index contributed by atoms with van der Waals surface area (Å²) in [6.07, 6.45) is 4.48. The number of hydrogen-bond donors (Lipinski definition) is 1. The Bertz CT molecular complexity index is 933. The molecule has 1 aromatic carbocycles. The molecule has 6 nitrogen and oxygen atoms in total. The van der Waals surface area contributed by atoms with Crippen LogP contribution in [0.2, 0.25) is 0 Å². The summed E-state index contributed by atoms with van der Waals surface area (Å²) in [5, 5.41) is 9.85. The van der Waals surface area contributed by atoms with Gasteiger partial charge in [-0.25, -0.2) is 4.39 Å². The Morgan fingerprint density at radius 2 is 2.19 bits per heavy atom. The van der Waals surface area contributed by atoms with Gasteiger partial charge in [-0.3, -0.25) is 4.79 Å². The van der Waals surface area contributed by atoms with Crippen molar-refractivity contribution in [1.29, 1.82) is 0 Å². The van der Waals surface area contributed by atoms with Crippen molar-refractivity contribution in [2.75, 3.05) is 26.5 Å². The third-order valence-electron chi connectivity index (χ3n) is 5.80. The van der Waals surface area contributed by atoms with E-state index in [2.05, 4.69) is 6.58 Å². The molecule has 0 bridgehead atoms. The van der Waals surface area contributed by atoms with Gasteiger partial charge >= 0.3 is 0 Å². The molecule has 0 aromatic heterocycles. The smallest absolute Gasteiger partial charge is 0.253 e. The van der Waals surface area contributed by atoms with E-state index in [-0.39, 0.29) is 31.2 Å². The second-order valence-corrected chi connectivity index (χ2v) is 8.92. The summed E-state index contributed by atoms with van der Waals surface area (Å²) >= 11 is 0. The maximum Gasteiger partial charge on any atom is 0.253 e. The molecule has 2 fully saturated rings. The van der Waals surface area contributed by atoms with Gasteiger partial charge in [-0.15, -0.1) is 0 Å². The van der Waals surface area contributed by atoms with Crippen LogP contribution in [0.4, 0.5) is 4.39 Å². The number of aliphatic hydroxyl groups is 1. The third-order valence-corrected chi connectivity index (χ3v) is 5.80. The molecule has 174 valence electrons. The lowest BCUT2D eigenvalue weighted by atomic mass is 9.82. The van der Waals surface area contributed by atoms with Gasteiger partial charge in [-0.05, 0) is 63.1 Å². The number of piperidine rings is 1. The number of ether oxygens (including phenoxy) is 3. The highest BCUT2D eigenvalue weighted by Gasteiger charge is 2.51. The summed E-state index contributed by atoms with van der Waals surface area (Å²) in [5.74, 6) is 0.175. The van der Waals surface area contributed by atoms with Crippen molar-refractivity contribution in [3.63, 3.8) is 0 Å². The number of halogens is 1. The number of benzene rings is 1. The highest BCUT2D eigenvalue weighted by atomic mass is 19.1. The minimum absolute atomic E-state index is 0.104. The van der Waals surface area contributed by atoms with Gasteiger partial charge in [0.2, 0.25) is 0 Å². The van der Waals surface area contributed by atoms with E-state index >= 15 is 0 Å². The predicted molar refractivity (Wildman–Crippen MR) is 120 cm³/mol. The van der Waals surface area contributed by atoms with Crippen LogP contribution in [0.25, 0.3) is 0 Å². The molecule has 0 saturated carbocycles. The van der Waals surface area contributed by atoms with Crippen LogP contribution in [-0.4, -0.2) is 59.7 Å². The highest BCUT2D eigenvalue weighted by molar-refractivity contribution is 5.94. The van der Waals surface area contributed by atoms with Crippen molar-refractivity contribution in [1.82, 2.24) is 4.90 Å². The van der Waals surface area contributed by atoms with Crippen molar-refractivity contribution < 1.29 is 28.5 Å². The first kappa shape index (κ1) is 24.2. The summed E-state index contributed by atoms with van der Waals surface area (Å²) in [6.45, 7) is 12.0. The number of carbonyl (C=O) groups excluding carboxylic acids is 1. The fraction of sp³-hybridized carbons (Fsp3) is 0.480. The van der Waals surface area contributed by atoms with E-state index in [0.717, 1.165) is 5.56 Å². The molecule has 1 amide bonds. The zero-order chi connectivity index (χ0) is 23.5. The SMILES string of the molecule is C=C(/C=C\C(F)=C/C)[C@]12CCN(C(=O)c3ccc(OCC(C)(C)O)c(C)c3)CC1OCO2. The molecule has 3 rings (SSSR count). The van der Waals surface area contributed by atoms with E-state index < -0.39 is 11.2 Å². The van der Waals surface area contributed by atoms with Gasteiger partial charge in [0, 0.05) is 18.5 Å². The Morgan fingerprint density at radius 3 is 2.84 bits per heavy atom. The number of allylic oxidation sites excluding steroid dienone is 3. The minimum Gasteiger partial charge on any atom is -0.490 e. The van der Waals surface area contributed by atoms with E-state index in [9.17, 15) is 14.3 Å². The van der Waals surface area contributed by atoms with Crippen LogP contribution >= 0.6 is 0 Å². The maximum absolute atomic E-state index is 13.5. The van der Waals surface area contributed by atoms with Crippen LogP contribution in [0.15, 0.2) is 54.4 Å². The molecule has 0 aliphatic carbocycles. The second-order valence-electron chi connectivity index (χ2n) is 8.92. The summed E-state index contributed by atoms with van der Waals surface area (Å²) < 4.78 is 30.9. The van der Waals surface area contributed by atoms with Gasteiger partial charge < -0.3 is 24.2 Å². The monoisotopic (exact) mass is 445 g/mol. The third kappa shape index (κ3) is 5.28. The zero-order valence-electron chi connectivity index (χ0n) is 19.2. The molecule has 2 atom stereocenters. The van der Waals surface area contributed by atoms with Gasteiger partial charge in [-0.1, -0.05) is 18.7 Å². The molecule has 2 aliphatic rings. The molecule has 1 N–H and O–H groups in total. The molecule has 2 heterocycles. The average molecular weight is 446 g/mol. The summed E-state index contributed by atoms with van der Waals surface area (Å²) in [7, 11) is 0. The van der Waals surface area contributed by atoms with Crippen molar-refractivity contribution in [2.45, 2.75) is 51.4 Å². The Hall–Kier alpha value is -2.48. The maximum atomic E-state index is 13.5. The standard InChI is InChI=1S/C25H32FNO5/c1-6-20(26)9-7-18(3)25-11-12-27(14-22(25)31-16-32-25)23(28)19-8-10-21(17(2)13-19)30-15-24(4,5)29/h6-10,13,22,29H,3,11-12,14-16H2,1-2,4-5H3/b9-7-,20-6+/t22?,25-/m1/s1. The van der Waals surface area contributed by atoms with E-state index in [0.29, 0.717) is 36.4 Å². The van der Waals surface area contributed by atoms with Gasteiger partial charge in [0.15, 0.2) is 0 Å². The van der Waals surface area contributed by atoms with Crippen LogP contribution in [0, 0.1) is 6.92 Å². The molecule has 1 aromatic rings. The van der Waals surface area contributed by atoms with Crippen molar-refractivity contribution in [3.8, 4) is 5.75 Å². The Kier molecular flexibility index (Phi) is 7.22. The summed E-state index contributed by atoms with van der Waals surface area (Å²) in [5.41, 5.74) is 0.303. The lowest BCUT2D eigenvalue weighted by Crippen LogP contribution is -2.55. The first-order valence-corrected chi connectivity index (χ1v) is 10.8. The fourth-order valence-electron chi connectivity index (χ4n) is 3.92. The lowest BCUT2D eigenvalue weighted by molar-refractivity contribution is -0.00876. The average Bonchev–Trinajstić information content (AvgIpc) is 3.19. The number of fused-ring (bicyclic) bond motifs is 1. The Balaban J connectivity index is 1.70. The highest BCUT2D eigenvalue weighted by Crippen LogP contribution is 2.40. The molecule has 32 heavy (non-hydrogen) atoms. The van der Waals surface area contributed by atoms with Crippen LogP contribution in [-0.2, 0) is 9.47 Å². The molecule has 7 heteroatoms. The van der Waals surface area contributed by atoms with Gasteiger partial charge in [0.1, 0.15) is 36.7 Å². The number of carbonyl (C=O) groups is 1. The van der Waals surface area contributed by atoms with Gasteiger partial charge in [0.25, 0.3) is 5.91 Å². The first-order chi connectivity index (χ1) is 15.1. The fourth-order valence-corrected chi connectivity index (χ4v) is 3.92. The quantitative estimate of drug-likeness (QED) is 0.641. The van der Waals surface area contributed by atoms with E-state index in [1.807, 2.05) is 6.92 Å². The van der Waals surface area contributed by atoms with Crippen molar-refractivity contribution in [2.24, 2.45) is 0 Å². The Labute approximate surface area is 189 Å². The van der Waals surface area contributed by atoms with Gasteiger partial charge in [-0.2, -0.15) is 0 Å². The largest absolute Gasteiger partial charge is 0.490 e. The number of nitrogens with zero attached hydrogens (tertiary/aromatic N) is 1. The molecule has 1 unspecified atom stereocenters. The predicted octanol–water partition coefficient (Wildman–Crippen LogP) is 4.09. The van der Waals surface area contributed by atoms with Crippen LogP contribution in [0.1, 0.15) is 43.1 Å². The summed E-state index contributed by atoms with van der Waals surface area (Å²) in [6, 6.07) is 5.27. The molecular weight excluding hydrogens is 413 g/mol. The van der Waals surface area contributed by atoms with E-state index in [1.165, 1.54) is 12.2 Å². The molecule has 2 saturated heterocycles. The van der Waals surface area contributed by atoms with Crippen LogP contribution in [0.3, 0.4) is 0 Å². The number of likely N-dealkylation sites (tertiary alicyclic amines) is 1. The number of amides is 1. The van der Waals surface area contributed by atoms with Crippen molar-refractivity contribution in [3.05, 3.63) is 65.5 Å². The second kappa shape index (κ2) is 9.57. The molecular formula is C25H32FNO5. The van der Waals surface area contributed by atoms with Crippen LogP contribution < -0.4 is 4.74 Å². The minimum atomic E-state index is -0.942. The van der Waals surface area contributed by atoms with E-state index in [1.54, 1.807) is 49.9 Å². The number of hydrogen-bond acceptors (Lipinski definition) is 5. The van der Waals surface area contributed by atoms with Crippen LogP contribution in [0.5, 0.6) is 5.75 Å². The van der Waals surface area contributed by atoms with Gasteiger partial charge in [0.05, 0.1) is 12.1 Å². The molecule has 0 spiro atoms. The number of rotatable bonds is 7. The summed E-state index contributed by atoms with van der Waals surface area (Å²) in [4.78, 5) is 14.9. The van der Waals surface area contributed by atoms with E-state index in [4.69, 9.17) is 14.2 Å². The normalized spacial score (nSPS) is 24.0. The topological polar surface area (TPSA) is 68.2 Å².